The van der Waals surface area contributed by atoms with Crippen LogP contribution in [0.1, 0.15) is 18.9 Å². The summed E-state index contributed by atoms with van der Waals surface area (Å²) in [6.07, 6.45) is 1.22. The van der Waals surface area contributed by atoms with E-state index in [1.54, 1.807) is 12.1 Å². The number of rotatable bonds is 6. The van der Waals surface area contributed by atoms with Crippen molar-refractivity contribution in [1.29, 1.82) is 0 Å². The topological polar surface area (TPSA) is 58.4 Å². The minimum absolute atomic E-state index is 0.0241. The fourth-order valence-electron chi connectivity index (χ4n) is 2.60. The molecule has 6 heteroatoms. The zero-order valence-corrected chi connectivity index (χ0v) is 12.4. The molecule has 0 radical (unpaired) electrons. The smallest absolute Gasteiger partial charge is 0.288 e. The molecule has 5 nitrogen and oxygen atoms in total. The van der Waals surface area contributed by atoms with Gasteiger partial charge in [0.05, 0.1) is 4.92 Å². The first-order valence-electron chi connectivity index (χ1n) is 6.96. The minimum atomic E-state index is -0.443. The molecule has 1 fully saturated rings. The molecule has 1 aliphatic rings. The molecule has 110 valence electrons. The number of benzene rings is 1. The number of nitrogens with one attached hydrogen (secondary N) is 1. The first-order valence-corrected chi connectivity index (χ1v) is 7.33. The van der Waals surface area contributed by atoms with Crippen LogP contribution >= 0.6 is 11.6 Å². The van der Waals surface area contributed by atoms with Crippen LogP contribution in [-0.2, 0) is 6.54 Å². The van der Waals surface area contributed by atoms with E-state index in [4.69, 9.17) is 11.6 Å². The molecule has 0 saturated carbocycles. The molecule has 1 saturated heterocycles. The molecule has 2 rings (SSSR count). The maximum absolute atomic E-state index is 10.8. The van der Waals surface area contributed by atoms with Crippen LogP contribution < -0.4 is 5.32 Å². The SMILES string of the molecule is CCN1CCC(CNCc2ccc(Cl)c([N+](=O)[O-])c2)C1. The quantitative estimate of drug-likeness (QED) is 0.648. The highest BCUT2D eigenvalue weighted by Crippen LogP contribution is 2.25. The second kappa shape index (κ2) is 7.02. The lowest BCUT2D eigenvalue weighted by molar-refractivity contribution is -0.384. The largest absolute Gasteiger partial charge is 0.312 e. The molecule has 1 atom stereocenters. The van der Waals surface area contributed by atoms with Gasteiger partial charge in [0.25, 0.3) is 5.69 Å². The standard InChI is InChI=1S/C14H20ClN3O2/c1-2-17-6-5-12(10-17)9-16-8-11-3-4-13(15)14(7-11)18(19)20/h3-4,7,12,16H,2,5-6,8-10H2,1H3. The molecular weight excluding hydrogens is 278 g/mol. The van der Waals surface area contributed by atoms with Crippen LogP contribution in [0, 0.1) is 16.0 Å². The van der Waals surface area contributed by atoms with Gasteiger partial charge in [-0.25, -0.2) is 0 Å². The summed E-state index contributed by atoms with van der Waals surface area (Å²) in [6, 6.07) is 4.96. The van der Waals surface area contributed by atoms with E-state index in [2.05, 4.69) is 17.1 Å². The van der Waals surface area contributed by atoms with Crippen LogP contribution in [0.3, 0.4) is 0 Å². The first-order chi connectivity index (χ1) is 9.60. The fraction of sp³-hybridized carbons (Fsp3) is 0.571. The van der Waals surface area contributed by atoms with Crippen molar-refractivity contribution in [2.24, 2.45) is 5.92 Å². The fourth-order valence-corrected chi connectivity index (χ4v) is 2.78. The zero-order chi connectivity index (χ0) is 14.5. The second-order valence-corrected chi connectivity index (χ2v) is 5.63. The van der Waals surface area contributed by atoms with E-state index in [1.807, 2.05) is 6.07 Å². The molecular formula is C14H20ClN3O2. The Hall–Kier alpha value is -1.17. The van der Waals surface area contributed by atoms with E-state index in [0.717, 1.165) is 25.2 Å². The Morgan fingerprint density at radius 3 is 3.00 bits per heavy atom. The summed E-state index contributed by atoms with van der Waals surface area (Å²) in [5.41, 5.74) is 0.871. The number of nitro groups is 1. The lowest BCUT2D eigenvalue weighted by Gasteiger charge is -2.13. The third-order valence-corrected chi connectivity index (χ3v) is 4.11. The summed E-state index contributed by atoms with van der Waals surface area (Å²) >= 11 is 5.79. The molecule has 0 amide bonds. The molecule has 1 heterocycles. The van der Waals surface area contributed by atoms with E-state index in [-0.39, 0.29) is 10.7 Å². The van der Waals surface area contributed by atoms with Crippen molar-refractivity contribution in [2.45, 2.75) is 19.9 Å². The van der Waals surface area contributed by atoms with Gasteiger partial charge in [0.2, 0.25) is 0 Å². The predicted molar refractivity (Wildman–Crippen MR) is 80.0 cm³/mol. The third kappa shape index (κ3) is 3.91. The summed E-state index contributed by atoms with van der Waals surface area (Å²) in [5.74, 6) is 0.678. The van der Waals surface area contributed by atoms with Crippen molar-refractivity contribution in [3.05, 3.63) is 38.9 Å². The Kier molecular flexibility index (Phi) is 5.34. The molecule has 0 aromatic heterocycles. The van der Waals surface area contributed by atoms with Crippen LogP contribution in [0.2, 0.25) is 5.02 Å². The van der Waals surface area contributed by atoms with Crippen LogP contribution in [0.5, 0.6) is 0 Å². The molecule has 1 aromatic carbocycles. The van der Waals surface area contributed by atoms with Gasteiger partial charge in [-0.1, -0.05) is 24.6 Å². The Morgan fingerprint density at radius 1 is 1.55 bits per heavy atom. The Morgan fingerprint density at radius 2 is 2.35 bits per heavy atom. The Balaban J connectivity index is 1.82. The molecule has 0 spiro atoms. The maximum Gasteiger partial charge on any atom is 0.288 e. The average Bonchev–Trinajstić information content (AvgIpc) is 2.88. The van der Waals surface area contributed by atoms with Crippen molar-refractivity contribution in [1.82, 2.24) is 10.2 Å². The molecule has 0 bridgehead atoms. The summed E-state index contributed by atoms with van der Waals surface area (Å²) in [4.78, 5) is 12.8. The molecule has 1 N–H and O–H groups in total. The van der Waals surface area contributed by atoms with Gasteiger partial charge in [0.1, 0.15) is 5.02 Å². The van der Waals surface area contributed by atoms with Crippen molar-refractivity contribution in [2.75, 3.05) is 26.2 Å². The molecule has 1 aliphatic heterocycles. The number of halogens is 1. The Labute approximate surface area is 124 Å². The van der Waals surface area contributed by atoms with Crippen LogP contribution in [-0.4, -0.2) is 36.0 Å². The number of hydrogen-bond acceptors (Lipinski definition) is 4. The average molecular weight is 298 g/mol. The Bertz CT molecular complexity index is 481. The van der Waals surface area contributed by atoms with Gasteiger partial charge in [0.15, 0.2) is 0 Å². The lowest BCUT2D eigenvalue weighted by Crippen LogP contribution is -2.26. The first kappa shape index (κ1) is 15.2. The van der Waals surface area contributed by atoms with E-state index in [9.17, 15) is 10.1 Å². The van der Waals surface area contributed by atoms with Crippen molar-refractivity contribution >= 4 is 17.3 Å². The molecule has 20 heavy (non-hydrogen) atoms. The number of nitrogens with zero attached hydrogens (tertiary/aromatic N) is 2. The summed E-state index contributed by atoms with van der Waals surface area (Å²) in [7, 11) is 0. The molecule has 1 aromatic rings. The second-order valence-electron chi connectivity index (χ2n) is 5.22. The van der Waals surface area contributed by atoms with Gasteiger partial charge < -0.3 is 10.2 Å². The van der Waals surface area contributed by atoms with Gasteiger partial charge in [0, 0.05) is 19.2 Å². The normalized spacial score (nSPS) is 19.4. The van der Waals surface area contributed by atoms with Crippen LogP contribution in [0.4, 0.5) is 5.69 Å². The summed E-state index contributed by atoms with van der Waals surface area (Å²) in [6.45, 7) is 7.20. The predicted octanol–water partition coefficient (Wildman–Crippen LogP) is 2.68. The zero-order valence-electron chi connectivity index (χ0n) is 11.6. The van der Waals surface area contributed by atoms with Gasteiger partial charge >= 0.3 is 0 Å². The number of likely N-dealkylation sites (tertiary alicyclic amines) is 1. The van der Waals surface area contributed by atoms with Crippen molar-refractivity contribution < 1.29 is 4.92 Å². The lowest BCUT2D eigenvalue weighted by atomic mass is 10.1. The third-order valence-electron chi connectivity index (χ3n) is 3.79. The summed E-state index contributed by atoms with van der Waals surface area (Å²) < 4.78 is 0. The number of hydrogen-bond donors (Lipinski definition) is 1. The van der Waals surface area contributed by atoms with Gasteiger partial charge in [-0.05, 0) is 43.6 Å². The maximum atomic E-state index is 10.8. The minimum Gasteiger partial charge on any atom is -0.312 e. The molecule has 0 aliphatic carbocycles. The highest BCUT2D eigenvalue weighted by molar-refractivity contribution is 6.32. The highest BCUT2D eigenvalue weighted by atomic mass is 35.5. The van der Waals surface area contributed by atoms with E-state index in [0.29, 0.717) is 12.5 Å². The molecule has 1 unspecified atom stereocenters. The number of nitro benzene ring substituents is 1. The van der Waals surface area contributed by atoms with E-state index >= 15 is 0 Å². The highest BCUT2D eigenvalue weighted by Gasteiger charge is 2.20. The van der Waals surface area contributed by atoms with Crippen molar-refractivity contribution in [3.8, 4) is 0 Å². The van der Waals surface area contributed by atoms with Gasteiger partial charge in [-0.15, -0.1) is 0 Å². The van der Waals surface area contributed by atoms with Gasteiger partial charge in [-0.2, -0.15) is 0 Å². The van der Waals surface area contributed by atoms with Crippen LogP contribution in [0.25, 0.3) is 0 Å². The van der Waals surface area contributed by atoms with Crippen molar-refractivity contribution in [3.63, 3.8) is 0 Å². The van der Waals surface area contributed by atoms with E-state index < -0.39 is 4.92 Å². The monoisotopic (exact) mass is 297 g/mol. The summed E-state index contributed by atoms with van der Waals surface area (Å²) in [5, 5.41) is 14.4. The van der Waals surface area contributed by atoms with Crippen LogP contribution in [0.15, 0.2) is 18.2 Å². The van der Waals surface area contributed by atoms with Gasteiger partial charge in [-0.3, -0.25) is 10.1 Å². The van der Waals surface area contributed by atoms with E-state index in [1.165, 1.54) is 13.0 Å².